The van der Waals surface area contributed by atoms with Crippen molar-refractivity contribution in [3.8, 4) is 0 Å². The summed E-state index contributed by atoms with van der Waals surface area (Å²) in [5.41, 5.74) is 2.60. The molecule has 128 valence electrons. The van der Waals surface area contributed by atoms with E-state index >= 15 is 0 Å². The lowest BCUT2D eigenvalue weighted by molar-refractivity contribution is 0.0913. The van der Waals surface area contributed by atoms with Crippen LogP contribution in [0.5, 0.6) is 0 Å². The van der Waals surface area contributed by atoms with Crippen molar-refractivity contribution in [2.45, 2.75) is 38.8 Å². The van der Waals surface area contributed by atoms with Gasteiger partial charge in [-0.25, -0.2) is 0 Å². The van der Waals surface area contributed by atoms with Crippen LogP contribution < -0.4 is 5.32 Å². The second-order valence-electron chi connectivity index (χ2n) is 7.60. The molecule has 1 aromatic heterocycles. The number of aromatic nitrogens is 1. The monoisotopic (exact) mass is 332 g/mol. The smallest absolute Gasteiger partial charge is 0.254 e. The molecular weight excluding hydrogens is 308 g/mol. The molecule has 25 heavy (non-hydrogen) atoms. The maximum Gasteiger partial charge on any atom is 0.254 e. The van der Waals surface area contributed by atoms with Gasteiger partial charge in [-0.05, 0) is 44.2 Å². The first-order valence-electron chi connectivity index (χ1n) is 9.00. The van der Waals surface area contributed by atoms with Crippen LogP contribution in [0.4, 0.5) is 0 Å². The number of benzene rings is 2. The lowest BCUT2D eigenvalue weighted by Gasteiger charge is -2.26. The Balaban J connectivity index is 1.66. The van der Waals surface area contributed by atoms with E-state index in [0.717, 1.165) is 34.5 Å². The Labute approximate surface area is 148 Å². The number of hydrogen-bond acceptors (Lipinski definition) is 1. The van der Waals surface area contributed by atoms with Gasteiger partial charge in [-0.1, -0.05) is 48.5 Å². The number of hydrogen-bond donors (Lipinski definition) is 1. The number of fused-ring (bicyclic) bond motifs is 1. The normalized spacial score (nSPS) is 14.6. The van der Waals surface area contributed by atoms with Crippen molar-refractivity contribution >= 4 is 16.8 Å². The fourth-order valence-corrected chi connectivity index (χ4v) is 3.44. The van der Waals surface area contributed by atoms with Crippen LogP contribution in [0.3, 0.4) is 0 Å². The molecule has 3 aromatic rings. The second kappa shape index (κ2) is 6.07. The van der Waals surface area contributed by atoms with E-state index in [1.807, 2.05) is 56.4 Å². The fourth-order valence-electron chi connectivity index (χ4n) is 3.44. The molecule has 0 atom stereocenters. The molecule has 1 heterocycles. The van der Waals surface area contributed by atoms with Gasteiger partial charge in [0.1, 0.15) is 0 Å². The van der Waals surface area contributed by atoms with Crippen molar-refractivity contribution < 1.29 is 4.79 Å². The highest BCUT2D eigenvalue weighted by Gasteiger charge is 2.27. The minimum atomic E-state index is -0.419. The molecule has 0 unspecified atom stereocenters. The van der Waals surface area contributed by atoms with Crippen LogP contribution >= 0.6 is 0 Å². The second-order valence-corrected chi connectivity index (χ2v) is 7.60. The van der Waals surface area contributed by atoms with Gasteiger partial charge in [-0.2, -0.15) is 0 Å². The first-order valence-corrected chi connectivity index (χ1v) is 9.00. The molecular formula is C22H24N2O. The number of para-hydroxylation sites is 1. The third-order valence-electron chi connectivity index (χ3n) is 5.11. The predicted molar refractivity (Wildman–Crippen MR) is 102 cm³/mol. The van der Waals surface area contributed by atoms with Crippen molar-refractivity contribution in [3.05, 3.63) is 71.9 Å². The summed E-state index contributed by atoms with van der Waals surface area (Å²) < 4.78 is 2.25. The fraction of sp³-hybridized carbons (Fsp3) is 0.318. The van der Waals surface area contributed by atoms with Gasteiger partial charge in [0.05, 0.1) is 11.1 Å². The van der Waals surface area contributed by atoms with Gasteiger partial charge in [-0.15, -0.1) is 0 Å². The Bertz CT molecular complexity index is 904. The van der Waals surface area contributed by atoms with Gasteiger partial charge in [-0.3, -0.25) is 4.79 Å². The molecule has 0 spiro atoms. The topological polar surface area (TPSA) is 34.0 Å². The highest BCUT2D eigenvalue weighted by atomic mass is 16.1. The van der Waals surface area contributed by atoms with Gasteiger partial charge < -0.3 is 9.88 Å². The summed E-state index contributed by atoms with van der Waals surface area (Å²) in [6.07, 6.45) is 4.63. The Morgan fingerprint density at radius 2 is 1.76 bits per heavy atom. The maximum atomic E-state index is 13.0. The molecule has 0 aliphatic heterocycles. The third-order valence-corrected chi connectivity index (χ3v) is 5.11. The van der Waals surface area contributed by atoms with Crippen molar-refractivity contribution in [2.75, 3.05) is 0 Å². The van der Waals surface area contributed by atoms with E-state index in [0.29, 0.717) is 0 Å². The number of nitrogens with zero attached hydrogens (tertiary/aromatic N) is 1. The van der Waals surface area contributed by atoms with Gasteiger partial charge >= 0.3 is 0 Å². The Kier molecular flexibility index (Phi) is 3.87. The van der Waals surface area contributed by atoms with E-state index in [2.05, 4.69) is 28.1 Å². The molecule has 3 nitrogen and oxygen atoms in total. The molecule has 2 aromatic carbocycles. The van der Waals surface area contributed by atoms with E-state index in [1.54, 1.807) is 0 Å². The quantitative estimate of drug-likeness (QED) is 0.721. The van der Waals surface area contributed by atoms with Gasteiger partial charge in [0.2, 0.25) is 0 Å². The molecule has 0 bridgehead atoms. The molecule has 1 fully saturated rings. The van der Waals surface area contributed by atoms with Crippen molar-refractivity contribution in [1.82, 2.24) is 9.88 Å². The molecule has 0 saturated heterocycles. The summed E-state index contributed by atoms with van der Waals surface area (Å²) >= 11 is 0. The van der Waals surface area contributed by atoms with Crippen LogP contribution in [0.15, 0.2) is 60.8 Å². The van der Waals surface area contributed by atoms with E-state index < -0.39 is 5.54 Å². The molecule has 0 radical (unpaired) electrons. The minimum Gasteiger partial charge on any atom is -0.346 e. The van der Waals surface area contributed by atoms with Crippen LogP contribution in [0.1, 0.15) is 42.6 Å². The van der Waals surface area contributed by atoms with E-state index in [-0.39, 0.29) is 5.91 Å². The summed E-state index contributed by atoms with van der Waals surface area (Å²) in [7, 11) is 0. The maximum absolute atomic E-state index is 13.0. The molecule has 1 N–H and O–H groups in total. The van der Waals surface area contributed by atoms with Crippen LogP contribution in [-0.4, -0.2) is 10.5 Å². The van der Waals surface area contributed by atoms with Crippen molar-refractivity contribution in [2.24, 2.45) is 5.92 Å². The largest absolute Gasteiger partial charge is 0.346 e. The van der Waals surface area contributed by atoms with Crippen LogP contribution in [0.25, 0.3) is 10.9 Å². The van der Waals surface area contributed by atoms with Gasteiger partial charge in [0.25, 0.3) is 5.91 Å². The Morgan fingerprint density at radius 3 is 2.48 bits per heavy atom. The highest BCUT2D eigenvalue weighted by Crippen LogP contribution is 2.33. The number of amides is 1. The van der Waals surface area contributed by atoms with Crippen molar-refractivity contribution in [1.29, 1.82) is 0 Å². The van der Waals surface area contributed by atoms with Crippen LogP contribution in [-0.2, 0) is 12.1 Å². The van der Waals surface area contributed by atoms with Crippen molar-refractivity contribution in [3.63, 3.8) is 0 Å². The zero-order valence-electron chi connectivity index (χ0n) is 14.8. The highest BCUT2D eigenvalue weighted by molar-refractivity contribution is 6.07. The summed E-state index contributed by atoms with van der Waals surface area (Å²) in [4.78, 5) is 13.0. The molecule has 1 aliphatic carbocycles. The van der Waals surface area contributed by atoms with E-state index in [4.69, 9.17) is 0 Å². The lowest BCUT2D eigenvalue weighted by atomic mass is 9.94. The molecule has 1 amide bonds. The average molecular weight is 332 g/mol. The first-order chi connectivity index (χ1) is 12.0. The minimum absolute atomic E-state index is 0.0143. The molecule has 4 rings (SSSR count). The zero-order valence-corrected chi connectivity index (χ0v) is 14.8. The average Bonchev–Trinajstić information content (AvgIpc) is 3.35. The van der Waals surface area contributed by atoms with Crippen LogP contribution in [0, 0.1) is 5.92 Å². The number of rotatable bonds is 5. The predicted octanol–water partition coefficient (Wildman–Crippen LogP) is 4.72. The first kappa shape index (κ1) is 15.9. The molecule has 1 saturated carbocycles. The number of nitrogens with one attached hydrogen (secondary N) is 1. The number of carbonyl (C=O) groups excluding carboxylic acids is 1. The summed E-state index contributed by atoms with van der Waals surface area (Å²) in [5, 5.41) is 4.24. The van der Waals surface area contributed by atoms with E-state index in [1.165, 1.54) is 12.8 Å². The summed E-state index contributed by atoms with van der Waals surface area (Å²) in [6, 6.07) is 18.3. The molecule has 3 heteroatoms. The summed E-state index contributed by atoms with van der Waals surface area (Å²) in [6.45, 7) is 5.10. The van der Waals surface area contributed by atoms with Gasteiger partial charge in [0.15, 0.2) is 0 Å². The van der Waals surface area contributed by atoms with E-state index in [9.17, 15) is 4.79 Å². The number of carbonyl (C=O) groups is 1. The SMILES string of the molecule is CC(C)(NC(=O)c1cn(CC2CC2)c2ccccc12)c1ccccc1. The standard InChI is InChI=1S/C22H24N2O/c1-22(2,17-8-4-3-5-9-17)23-21(25)19-15-24(14-16-12-13-16)20-11-7-6-10-18(19)20/h3-11,15-16H,12-14H2,1-2H3,(H,23,25). The Morgan fingerprint density at radius 1 is 1.08 bits per heavy atom. The third kappa shape index (κ3) is 3.19. The lowest BCUT2D eigenvalue weighted by Crippen LogP contribution is -2.40. The van der Waals surface area contributed by atoms with Gasteiger partial charge in [0, 0.05) is 23.6 Å². The zero-order chi connectivity index (χ0) is 17.4. The summed E-state index contributed by atoms with van der Waals surface area (Å²) in [5.74, 6) is 0.757. The van der Waals surface area contributed by atoms with Crippen LogP contribution in [0.2, 0.25) is 0 Å². The Hall–Kier alpha value is -2.55. The molecule has 1 aliphatic rings.